The van der Waals surface area contributed by atoms with Gasteiger partial charge in [0.15, 0.2) is 0 Å². The predicted molar refractivity (Wildman–Crippen MR) is 107 cm³/mol. The molecule has 0 bridgehead atoms. The SMILES string of the molecule is Cc1cccc(OCC(O)CN(Cc2ccc(F)cc2)Cc2ccco2)c1C. The number of aliphatic hydroxyl groups is 1. The number of rotatable bonds is 9. The number of aryl methyl sites for hydroxylation is 1. The number of ether oxygens (including phenoxy) is 1. The Bertz CT molecular complexity index is 862. The Kier molecular flexibility index (Phi) is 6.85. The molecule has 2 aromatic carbocycles. The second-order valence-electron chi connectivity index (χ2n) is 7.04. The van der Waals surface area contributed by atoms with Gasteiger partial charge in [0.1, 0.15) is 30.0 Å². The van der Waals surface area contributed by atoms with E-state index in [1.54, 1.807) is 18.4 Å². The van der Waals surface area contributed by atoms with Gasteiger partial charge in [-0.15, -0.1) is 0 Å². The monoisotopic (exact) mass is 383 g/mol. The Morgan fingerprint density at radius 1 is 1.04 bits per heavy atom. The third-order valence-corrected chi connectivity index (χ3v) is 4.73. The molecular formula is C23H26FNO3. The lowest BCUT2D eigenvalue weighted by Crippen LogP contribution is -2.35. The highest BCUT2D eigenvalue weighted by Crippen LogP contribution is 2.21. The van der Waals surface area contributed by atoms with Crippen LogP contribution in [0, 0.1) is 19.7 Å². The maximum atomic E-state index is 13.2. The first-order chi connectivity index (χ1) is 13.5. The van der Waals surface area contributed by atoms with Crippen LogP contribution in [0.15, 0.2) is 65.3 Å². The fourth-order valence-electron chi connectivity index (χ4n) is 3.07. The molecule has 0 saturated carbocycles. The van der Waals surface area contributed by atoms with Crippen LogP contribution in [0.4, 0.5) is 4.39 Å². The van der Waals surface area contributed by atoms with E-state index in [-0.39, 0.29) is 12.4 Å². The second kappa shape index (κ2) is 9.53. The predicted octanol–water partition coefficient (Wildman–Crippen LogP) is 4.48. The molecule has 1 unspecified atom stereocenters. The van der Waals surface area contributed by atoms with Gasteiger partial charge in [0, 0.05) is 13.1 Å². The normalized spacial score (nSPS) is 12.3. The van der Waals surface area contributed by atoms with Crippen LogP contribution < -0.4 is 4.74 Å². The first-order valence-corrected chi connectivity index (χ1v) is 9.37. The van der Waals surface area contributed by atoms with E-state index in [1.807, 2.05) is 44.2 Å². The molecule has 0 spiro atoms. The van der Waals surface area contributed by atoms with Gasteiger partial charge in [-0.3, -0.25) is 4.90 Å². The molecule has 0 amide bonds. The molecule has 4 nitrogen and oxygen atoms in total. The number of benzene rings is 2. The van der Waals surface area contributed by atoms with Gasteiger partial charge in [-0.2, -0.15) is 0 Å². The van der Waals surface area contributed by atoms with Gasteiger partial charge in [0.2, 0.25) is 0 Å². The van der Waals surface area contributed by atoms with Crippen LogP contribution >= 0.6 is 0 Å². The Hall–Kier alpha value is -2.63. The summed E-state index contributed by atoms with van der Waals surface area (Å²) >= 11 is 0. The molecule has 0 aliphatic carbocycles. The van der Waals surface area contributed by atoms with Crippen LogP contribution in [0.2, 0.25) is 0 Å². The molecule has 28 heavy (non-hydrogen) atoms. The van der Waals surface area contributed by atoms with Crippen LogP contribution in [0.3, 0.4) is 0 Å². The lowest BCUT2D eigenvalue weighted by atomic mass is 10.1. The molecule has 3 rings (SSSR count). The highest BCUT2D eigenvalue weighted by Gasteiger charge is 2.16. The van der Waals surface area contributed by atoms with Crippen molar-refractivity contribution in [2.75, 3.05) is 13.2 Å². The lowest BCUT2D eigenvalue weighted by molar-refractivity contribution is 0.0602. The van der Waals surface area contributed by atoms with Crippen molar-refractivity contribution in [3.8, 4) is 5.75 Å². The van der Waals surface area contributed by atoms with E-state index in [9.17, 15) is 9.50 Å². The van der Waals surface area contributed by atoms with E-state index in [1.165, 1.54) is 12.1 Å². The zero-order valence-corrected chi connectivity index (χ0v) is 16.3. The maximum absolute atomic E-state index is 13.2. The van der Waals surface area contributed by atoms with Crippen molar-refractivity contribution in [1.29, 1.82) is 0 Å². The molecule has 5 heteroatoms. The Labute approximate surface area is 165 Å². The molecule has 148 valence electrons. The number of aliphatic hydroxyl groups excluding tert-OH is 1. The lowest BCUT2D eigenvalue weighted by Gasteiger charge is -2.24. The van der Waals surface area contributed by atoms with E-state index in [0.717, 1.165) is 28.2 Å². The quantitative estimate of drug-likeness (QED) is 0.592. The summed E-state index contributed by atoms with van der Waals surface area (Å²) in [6.07, 6.45) is 0.959. The third kappa shape index (κ3) is 5.68. The Balaban J connectivity index is 1.62. The molecule has 3 aromatic rings. The summed E-state index contributed by atoms with van der Waals surface area (Å²) in [6, 6.07) is 16.0. The summed E-state index contributed by atoms with van der Waals surface area (Å²) in [4.78, 5) is 2.06. The van der Waals surface area contributed by atoms with Crippen LogP contribution in [-0.2, 0) is 13.1 Å². The second-order valence-corrected chi connectivity index (χ2v) is 7.04. The summed E-state index contributed by atoms with van der Waals surface area (Å²) in [5, 5.41) is 10.5. The van der Waals surface area contributed by atoms with Crippen molar-refractivity contribution in [3.63, 3.8) is 0 Å². The summed E-state index contributed by atoms with van der Waals surface area (Å²) < 4.78 is 24.5. The number of nitrogens with zero attached hydrogens (tertiary/aromatic N) is 1. The molecule has 1 atom stereocenters. The smallest absolute Gasteiger partial charge is 0.123 e. The average molecular weight is 383 g/mol. The summed E-state index contributed by atoms with van der Waals surface area (Å²) in [7, 11) is 0. The molecule has 1 N–H and O–H groups in total. The molecule has 0 radical (unpaired) electrons. The van der Waals surface area contributed by atoms with E-state index < -0.39 is 6.10 Å². The molecule has 1 aromatic heterocycles. The molecule has 0 aliphatic rings. The third-order valence-electron chi connectivity index (χ3n) is 4.73. The minimum Gasteiger partial charge on any atom is -0.491 e. The summed E-state index contributed by atoms with van der Waals surface area (Å²) in [6.45, 7) is 5.76. The van der Waals surface area contributed by atoms with Crippen LogP contribution in [-0.4, -0.2) is 29.3 Å². The molecule has 0 saturated heterocycles. The highest BCUT2D eigenvalue weighted by molar-refractivity contribution is 5.38. The fourth-order valence-corrected chi connectivity index (χ4v) is 3.07. The molecular weight excluding hydrogens is 357 g/mol. The number of furan rings is 1. The van der Waals surface area contributed by atoms with Crippen LogP contribution in [0.5, 0.6) is 5.75 Å². The first kappa shape index (κ1) is 20.1. The molecule has 0 fully saturated rings. The van der Waals surface area contributed by atoms with Gasteiger partial charge in [-0.25, -0.2) is 4.39 Å². The van der Waals surface area contributed by atoms with E-state index >= 15 is 0 Å². The zero-order chi connectivity index (χ0) is 19.9. The van der Waals surface area contributed by atoms with Crippen molar-refractivity contribution >= 4 is 0 Å². The van der Waals surface area contributed by atoms with Gasteiger partial charge in [-0.1, -0.05) is 24.3 Å². The topological polar surface area (TPSA) is 45.8 Å². The van der Waals surface area contributed by atoms with Gasteiger partial charge in [-0.05, 0) is 60.9 Å². The Morgan fingerprint density at radius 2 is 1.82 bits per heavy atom. The molecule has 0 aliphatic heterocycles. The zero-order valence-electron chi connectivity index (χ0n) is 16.3. The largest absolute Gasteiger partial charge is 0.491 e. The number of hydrogen-bond donors (Lipinski definition) is 1. The van der Waals surface area contributed by atoms with Crippen molar-refractivity contribution in [1.82, 2.24) is 4.90 Å². The van der Waals surface area contributed by atoms with Crippen molar-refractivity contribution in [2.45, 2.75) is 33.0 Å². The van der Waals surface area contributed by atoms with E-state index in [2.05, 4.69) is 4.90 Å². The van der Waals surface area contributed by atoms with Gasteiger partial charge < -0.3 is 14.3 Å². The minimum absolute atomic E-state index is 0.197. The van der Waals surface area contributed by atoms with Crippen LogP contribution in [0.1, 0.15) is 22.5 Å². The van der Waals surface area contributed by atoms with Gasteiger partial charge >= 0.3 is 0 Å². The van der Waals surface area contributed by atoms with Crippen molar-refractivity contribution in [3.05, 3.63) is 89.1 Å². The van der Waals surface area contributed by atoms with Gasteiger partial charge in [0.25, 0.3) is 0 Å². The summed E-state index contributed by atoms with van der Waals surface area (Å²) in [5.74, 6) is 1.34. The highest BCUT2D eigenvalue weighted by atomic mass is 19.1. The van der Waals surface area contributed by atoms with E-state index in [4.69, 9.17) is 9.15 Å². The van der Waals surface area contributed by atoms with Crippen molar-refractivity contribution < 1.29 is 18.7 Å². The number of halogens is 1. The average Bonchev–Trinajstić information content (AvgIpc) is 3.18. The van der Waals surface area contributed by atoms with Crippen molar-refractivity contribution in [2.24, 2.45) is 0 Å². The molecule has 1 heterocycles. The minimum atomic E-state index is -0.671. The number of hydrogen-bond acceptors (Lipinski definition) is 4. The van der Waals surface area contributed by atoms with Crippen LogP contribution in [0.25, 0.3) is 0 Å². The standard InChI is InChI=1S/C23H26FNO3/c1-17-5-3-7-23(18(17)2)28-16-21(26)14-25(15-22-6-4-12-27-22)13-19-8-10-20(24)11-9-19/h3-12,21,26H,13-16H2,1-2H3. The summed E-state index contributed by atoms with van der Waals surface area (Å²) in [5.41, 5.74) is 3.20. The maximum Gasteiger partial charge on any atom is 0.123 e. The van der Waals surface area contributed by atoms with E-state index in [0.29, 0.717) is 19.6 Å². The van der Waals surface area contributed by atoms with Gasteiger partial charge in [0.05, 0.1) is 12.8 Å². The fraction of sp³-hybridized carbons (Fsp3) is 0.304. The Morgan fingerprint density at radius 3 is 2.54 bits per heavy atom. The first-order valence-electron chi connectivity index (χ1n) is 9.37.